The lowest BCUT2D eigenvalue weighted by Crippen LogP contribution is -2.48. The second-order valence-corrected chi connectivity index (χ2v) is 8.45. The summed E-state index contributed by atoms with van der Waals surface area (Å²) in [5.41, 5.74) is 1.59. The zero-order chi connectivity index (χ0) is 14.4. The van der Waals surface area contributed by atoms with E-state index in [1.54, 1.807) is 24.3 Å². The number of hydrogen-bond acceptors (Lipinski definition) is 3. The van der Waals surface area contributed by atoms with Crippen LogP contribution in [-0.4, -0.2) is 15.0 Å². The van der Waals surface area contributed by atoms with Crippen LogP contribution in [0.3, 0.4) is 0 Å². The van der Waals surface area contributed by atoms with Crippen molar-refractivity contribution in [2.45, 2.75) is 44.4 Å². The van der Waals surface area contributed by atoms with Crippen LogP contribution in [0.25, 0.3) is 0 Å². The Bertz CT molecular complexity index is 575. The monoisotopic (exact) mass is 294 g/mol. The van der Waals surface area contributed by atoms with E-state index in [0.29, 0.717) is 17.9 Å². The Morgan fingerprint density at radius 3 is 2.30 bits per heavy atom. The fourth-order valence-electron chi connectivity index (χ4n) is 3.99. The van der Waals surface area contributed by atoms with Gasteiger partial charge in [0.1, 0.15) is 0 Å². The zero-order valence-corrected chi connectivity index (χ0v) is 12.9. The van der Waals surface area contributed by atoms with Gasteiger partial charge in [-0.15, -0.1) is 0 Å². The van der Waals surface area contributed by atoms with Gasteiger partial charge in [-0.3, -0.25) is 4.18 Å². The summed E-state index contributed by atoms with van der Waals surface area (Å²) >= 11 is 0. The Morgan fingerprint density at radius 2 is 1.75 bits per heavy atom. The number of hydrogen-bond donors (Lipinski definition) is 0. The highest BCUT2D eigenvalue weighted by atomic mass is 32.2. The van der Waals surface area contributed by atoms with E-state index in [4.69, 9.17) is 4.18 Å². The number of benzene rings is 1. The van der Waals surface area contributed by atoms with Crippen LogP contribution in [0.1, 0.15) is 38.2 Å². The predicted octanol–water partition coefficient (Wildman–Crippen LogP) is 3.53. The summed E-state index contributed by atoms with van der Waals surface area (Å²) in [4.78, 5) is 0.259. The van der Waals surface area contributed by atoms with Gasteiger partial charge in [-0.1, -0.05) is 24.6 Å². The molecule has 2 aliphatic carbocycles. The van der Waals surface area contributed by atoms with E-state index in [2.05, 4.69) is 6.92 Å². The first kappa shape index (κ1) is 14.1. The Kier molecular flexibility index (Phi) is 3.41. The van der Waals surface area contributed by atoms with Crippen LogP contribution in [-0.2, 0) is 14.3 Å². The number of rotatable bonds is 4. The van der Waals surface area contributed by atoms with E-state index in [1.165, 1.54) is 12.8 Å². The fraction of sp³-hybridized carbons (Fsp3) is 0.625. The molecule has 0 radical (unpaired) electrons. The van der Waals surface area contributed by atoms with Crippen molar-refractivity contribution in [3.05, 3.63) is 29.8 Å². The molecule has 1 aromatic carbocycles. The quantitative estimate of drug-likeness (QED) is 0.798. The molecule has 0 bridgehead atoms. The molecule has 3 rings (SSSR count). The summed E-state index contributed by atoms with van der Waals surface area (Å²) in [6.07, 6.45) is 4.91. The predicted molar refractivity (Wildman–Crippen MR) is 77.9 cm³/mol. The van der Waals surface area contributed by atoms with Crippen molar-refractivity contribution in [3.63, 3.8) is 0 Å². The van der Waals surface area contributed by atoms with Gasteiger partial charge in [-0.25, -0.2) is 0 Å². The number of aryl methyl sites for hydroxylation is 1. The highest BCUT2D eigenvalue weighted by Gasteiger charge is 2.51. The molecule has 0 aromatic heterocycles. The maximum atomic E-state index is 12.1. The van der Waals surface area contributed by atoms with Gasteiger partial charge in [0.2, 0.25) is 0 Å². The Balaban J connectivity index is 1.52. The molecule has 0 N–H and O–H groups in total. The summed E-state index contributed by atoms with van der Waals surface area (Å²) in [6.45, 7) is 4.56. The van der Waals surface area contributed by atoms with Crippen molar-refractivity contribution in [2.75, 3.05) is 6.61 Å². The highest BCUT2D eigenvalue weighted by Crippen LogP contribution is 2.61. The van der Waals surface area contributed by atoms with Crippen LogP contribution in [0.2, 0.25) is 0 Å². The topological polar surface area (TPSA) is 43.4 Å². The zero-order valence-electron chi connectivity index (χ0n) is 12.1. The molecule has 110 valence electrons. The molecule has 0 aliphatic heterocycles. The van der Waals surface area contributed by atoms with Gasteiger partial charge in [-0.2, -0.15) is 8.42 Å². The fourth-order valence-corrected chi connectivity index (χ4v) is 4.97. The molecule has 3 nitrogen and oxygen atoms in total. The standard InChI is InChI=1S/C16H22O3S/c1-12-3-5-15(6-4-12)20(17,18)19-11-14-9-16(10-14)7-13(2)8-16/h3-6,13-14H,7-11H2,1-2H3. The lowest BCUT2D eigenvalue weighted by molar-refractivity contribution is -0.0736. The SMILES string of the molecule is Cc1ccc(S(=O)(=O)OCC2CC3(CC(C)C3)C2)cc1. The molecule has 2 saturated carbocycles. The molecule has 4 heteroatoms. The van der Waals surface area contributed by atoms with E-state index in [0.717, 1.165) is 24.3 Å². The van der Waals surface area contributed by atoms with Gasteiger partial charge in [-0.05, 0) is 62.0 Å². The summed E-state index contributed by atoms with van der Waals surface area (Å²) in [5, 5.41) is 0. The molecule has 0 saturated heterocycles. The molecule has 0 amide bonds. The minimum absolute atomic E-state index is 0.259. The first-order valence-corrected chi connectivity index (χ1v) is 8.76. The molecule has 2 aliphatic rings. The average Bonchev–Trinajstić information content (AvgIpc) is 2.31. The second kappa shape index (κ2) is 4.85. The first-order valence-electron chi connectivity index (χ1n) is 7.35. The summed E-state index contributed by atoms with van der Waals surface area (Å²) < 4.78 is 29.3. The maximum absolute atomic E-state index is 12.1. The lowest BCUT2D eigenvalue weighted by atomic mass is 9.49. The normalized spacial score (nSPS) is 32.7. The van der Waals surface area contributed by atoms with Crippen LogP contribution in [0.4, 0.5) is 0 Å². The summed E-state index contributed by atoms with van der Waals surface area (Å²) in [7, 11) is -3.59. The highest BCUT2D eigenvalue weighted by molar-refractivity contribution is 7.86. The smallest absolute Gasteiger partial charge is 0.266 e. The van der Waals surface area contributed by atoms with Crippen LogP contribution in [0.5, 0.6) is 0 Å². The lowest BCUT2D eigenvalue weighted by Gasteiger charge is -2.57. The summed E-state index contributed by atoms with van der Waals surface area (Å²) in [5.74, 6) is 1.27. The van der Waals surface area contributed by atoms with Crippen LogP contribution < -0.4 is 0 Å². The van der Waals surface area contributed by atoms with Crippen molar-refractivity contribution < 1.29 is 12.6 Å². The van der Waals surface area contributed by atoms with Gasteiger partial charge >= 0.3 is 0 Å². The third-order valence-electron chi connectivity index (χ3n) is 4.77. The minimum atomic E-state index is -3.59. The molecular weight excluding hydrogens is 272 g/mol. The van der Waals surface area contributed by atoms with E-state index in [-0.39, 0.29) is 4.90 Å². The Labute approximate surface area is 121 Å². The van der Waals surface area contributed by atoms with Gasteiger partial charge in [0.15, 0.2) is 0 Å². The molecule has 1 spiro atoms. The van der Waals surface area contributed by atoms with Crippen molar-refractivity contribution in [2.24, 2.45) is 17.3 Å². The van der Waals surface area contributed by atoms with Gasteiger partial charge in [0.05, 0.1) is 11.5 Å². The van der Waals surface area contributed by atoms with E-state index < -0.39 is 10.1 Å². The Morgan fingerprint density at radius 1 is 1.15 bits per heavy atom. The van der Waals surface area contributed by atoms with Crippen molar-refractivity contribution >= 4 is 10.1 Å². The largest absolute Gasteiger partial charge is 0.296 e. The molecule has 0 atom stereocenters. The third kappa shape index (κ3) is 2.63. The van der Waals surface area contributed by atoms with E-state index >= 15 is 0 Å². The third-order valence-corrected chi connectivity index (χ3v) is 6.07. The van der Waals surface area contributed by atoms with Gasteiger partial charge in [0, 0.05) is 0 Å². The van der Waals surface area contributed by atoms with Gasteiger partial charge in [0.25, 0.3) is 10.1 Å². The van der Waals surface area contributed by atoms with Crippen LogP contribution in [0.15, 0.2) is 29.2 Å². The van der Waals surface area contributed by atoms with E-state index in [9.17, 15) is 8.42 Å². The molecule has 0 heterocycles. The van der Waals surface area contributed by atoms with Crippen molar-refractivity contribution in [1.82, 2.24) is 0 Å². The minimum Gasteiger partial charge on any atom is -0.266 e. The van der Waals surface area contributed by atoms with Crippen LogP contribution >= 0.6 is 0 Å². The second-order valence-electron chi connectivity index (χ2n) is 6.84. The average molecular weight is 294 g/mol. The van der Waals surface area contributed by atoms with Crippen LogP contribution in [0, 0.1) is 24.2 Å². The van der Waals surface area contributed by atoms with Crippen molar-refractivity contribution in [3.8, 4) is 0 Å². The first-order chi connectivity index (χ1) is 9.39. The van der Waals surface area contributed by atoms with E-state index in [1.807, 2.05) is 6.92 Å². The van der Waals surface area contributed by atoms with Crippen molar-refractivity contribution in [1.29, 1.82) is 0 Å². The Hall–Kier alpha value is -0.870. The van der Waals surface area contributed by atoms with Gasteiger partial charge < -0.3 is 0 Å². The maximum Gasteiger partial charge on any atom is 0.296 e. The molecular formula is C16H22O3S. The molecule has 0 unspecified atom stereocenters. The molecule has 20 heavy (non-hydrogen) atoms. The molecule has 1 aromatic rings. The summed E-state index contributed by atoms with van der Waals surface area (Å²) in [6, 6.07) is 6.82. The molecule has 2 fully saturated rings.